The third-order valence-electron chi connectivity index (χ3n) is 0. The van der Waals surface area contributed by atoms with E-state index in [1.165, 1.54) is 0 Å². The van der Waals surface area contributed by atoms with Gasteiger partial charge >= 0.3 is 21.1 Å². The van der Waals surface area contributed by atoms with E-state index in [0.29, 0.717) is 0 Å². The van der Waals surface area contributed by atoms with Gasteiger partial charge < -0.3 is 30.9 Å². The van der Waals surface area contributed by atoms with Gasteiger partial charge in [-0.15, -0.1) is 0 Å². The van der Waals surface area contributed by atoms with Crippen LogP contribution in [-0.2, 0) is 21.1 Å². The number of hydrogen-bond donors (Lipinski definition) is 0. The first-order valence-electron chi connectivity index (χ1n) is 0. The molecule has 0 spiro atoms. The molecule has 0 amide bonds. The molecule has 6 N–H and O–H groups in total. The first kappa shape index (κ1) is 188. The third kappa shape index (κ3) is 53.9. The van der Waals surface area contributed by atoms with Crippen molar-refractivity contribution in [2.75, 3.05) is 0 Å². The maximum Gasteiger partial charge on any atom is 4.00 e. The van der Waals surface area contributed by atoms with Gasteiger partial charge in [0.1, 0.15) is 0 Å². The summed E-state index contributed by atoms with van der Waals surface area (Å²) < 4.78 is 0. The van der Waals surface area contributed by atoms with Crippen molar-refractivity contribution in [3.8, 4) is 0 Å². The van der Waals surface area contributed by atoms with E-state index < -0.39 is 0 Å². The summed E-state index contributed by atoms with van der Waals surface area (Å²) in [5, 5.41) is 0. The molecular formula is H6ClN3Pt. The van der Waals surface area contributed by atoms with Crippen LogP contribution in [0.4, 0.5) is 0 Å². The van der Waals surface area contributed by atoms with Crippen molar-refractivity contribution < 1.29 is 33.5 Å². The summed E-state index contributed by atoms with van der Waals surface area (Å²) in [6, 6.07) is 0. The molecule has 0 rings (SSSR count). The van der Waals surface area contributed by atoms with Gasteiger partial charge in [-0.3, -0.25) is 0 Å². The van der Waals surface area contributed by atoms with E-state index in [1.54, 1.807) is 0 Å². The molecule has 5 heteroatoms. The third-order valence-corrected chi connectivity index (χ3v) is 0. The Morgan fingerprint density at radius 1 is 0.600 bits per heavy atom. The SMILES string of the molecule is [Cl-].[NH2-].[NH2-].[NH2-].[Pt+4]. The van der Waals surface area contributed by atoms with Gasteiger partial charge in [0.15, 0.2) is 0 Å². The molecule has 0 aromatic heterocycles. The molecule has 3 nitrogen and oxygen atoms in total. The predicted octanol–water partition coefficient (Wildman–Crippen LogP) is -0.847. The van der Waals surface area contributed by atoms with Crippen LogP contribution in [0.1, 0.15) is 0 Å². The summed E-state index contributed by atoms with van der Waals surface area (Å²) in [7, 11) is 0. The predicted molar refractivity (Wildman–Crippen MR) is 15.9 cm³/mol. The molecule has 0 unspecified atom stereocenters. The summed E-state index contributed by atoms with van der Waals surface area (Å²) in [5.41, 5.74) is 0. The second-order valence-electron chi connectivity index (χ2n) is 0. The van der Waals surface area contributed by atoms with Crippen LogP contribution in [0.5, 0.6) is 0 Å². The molecule has 5 heavy (non-hydrogen) atoms. The Morgan fingerprint density at radius 2 is 0.600 bits per heavy atom. The second kappa shape index (κ2) is 98.2. The maximum atomic E-state index is 0. The molecule has 0 aliphatic heterocycles. The molecule has 0 heterocycles. The second-order valence-corrected chi connectivity index (χ2v) is 0. The normalized spacial score (nSPS) is 0. The van der Waals surface area contributed by atoms with Crippen LogP contribution in [-0.4, -0.2) is 0 Å². The fraction of sp³-hybridized carbons (Fsp3) is 0. The van der Waals surface area contributed by atoms with Crippen LogP contribution in [0.15, 0.2) is 0 Å². The largest absolute Gasteiger partial charge is 4.00 e. The van der Waals surface area contributed by atoms with Crippen molar-refractivity contribution in [1.29, 1.82) is 0 Å². The van der Waals surface area contributed by atoms with Crippen LogP contribution >= 0.6 is 0 Å². The van der Waals surface area contributed by atoms with Gasteiger partial charge in [-0.25, -0.2) is 0 Å². The molecule has 0 aromatic carbocycles. The molecule has 0 aromatic rings. The fourth-order valence-electron chi connectivity index (χ4n) is 0. The molecule has 0 atom stereocenters. The first-order chi connectivity index (χ1) is 0. The molecule has 0 aliphatic carbocycles. The standard InChI is InChI=1S/ClH.3H2N.Pt/h1H;3*1H2;/q;3*-1;+4/p-1. The van der Waals surface area contributed by atoms with Gasteiger partial charge in [0.2, 0.25) is 0 Å². The van der Waals surface area contributed by atoms with E-state index in [4.69, 9.17) is 0 Å². The van der Waals surface area contributed by atoms with Gasteiger partial charge in [-0.1, -0.05) is 0 Å². The quantitative estimate of drug-likeness (QED) is 0.551. The summed E-state index contributed by atoms with van der Waals surface area (Å²) in [6.07, 6.45) is 0. The van der Waals surface area contributed by atoms with Crippen LogP contribution < -0.4 is 12.4 Å². The Labute approximate surface area is 52.3 Å². The van der Waals surface area contributed by atoms with Crippen molar-refractivity contribution in [3.05, 3.63) is 18.5 Å². The summed E-state index contributed by atoms with van der Waals surface area (Å²) in [4.78, 5) is 0. The zero-order valence-corrected chi connectivity index (χ0v) is 5.45. The van der Waals surface area contributed by atoms with Gasteiger partial charge in [0.25, 0.3) is 0 Å². The van der Waals surface area contributed by atoms with Crippen molar-refractivity contribution in [1.82, 2.24) is 0 Å². The Balaban J connectivity index is 0. The first-order valence-corrected chi connectivity index (χ1v) is 0. The fourth-order valence-corrected chi connectivity index (χ4v) is 0. The van der Waals surface area contributed by atoms with Crippen LogP contribution in [0.2, 0.25) is 0 Å². The molecule has 0 fully saturated rings. The minimum absolute atomic E-state index is 0. The zero-order valence-electron chi connectivity index (χ0n) is 2.43. The van der Waals surface area contributed by atoms with E-state index >= 15 is 0 Å². The van der Waals surface area contributed by atoms with Crippen LogP contribution in [0, 0.1) is 0 Å². The Hall–Kier alpha value is 0.858. The monoisotopic (exact) mass is 278 g/mol. The molecule has 0 saturated carbocycles. The van der Waals surface area contributed by atoms with E-state index in [2.05, 4.69) is 0 Å². The molecule has 0 aliphatic rings. The zero-order chi connectivity index (χ0) is 0. The summed E-state index contributed by atoms with van der Waals surface area (Å²) >= 11 is 0. The number of nitrogens with two attached hydrogens (primary N) is 3. The van der Waals surface area contributed by atoms with E-state index in [9.17, 15) is 0 Å². The Bertz CT molecular complexity index is 6.85. The van der Waals surface area contributed by atoms with E-state index in [1.807, 2.05) is 0 Å². The summed E-state index contributed by atoms with van der Waals surface area (Å²) in [6.45, 7) is 0. The number of hydrogen-bond acceptors (Lipinski definition) is 0. The molecule has 0 saturated heterocycles. The van der Waals surface area contributed by atoms with Gasteiger partial charge in [0.05, 0.1) is 0 Å². The number of halogens is 1. The Morgan fingerprint density at radius 3 is 0.600 bits per heavy atom. The Kier molecular flexibility index (Phi) is 3690. The smallest absolute Gasteiger partial charge is 1.00 e. The van der Waals surface area contributed by atoms with Crippen molar-refractivity contribution in [2.45, 2.75) is 0 Å². The topological polar surface area (TPSA) is 100 Å². The minimum Gasteiger partial charge on any atom is -1.00 e. The van der Waals surface area contributed by atoms with E-state index in [-0.39, 0.29) is 51.9 Å². The minimum atomic E-state index is 0. The molecule has 38 valence electrons. The van der Waals surface area contributed by atoms with Crippen molar-refractivity contribution >= 4 is 0 Å². The van der Waals surface area contributed by atoms with Crippen molar-refractivity contribution in [3.63, 3.8) is 0 Å². The van der Waals surface area contributed by atoms with Crippen LogP contribution in [0.3, 0.4) is 0 Å². The number of rotatable bonds is 0. The molecule has 0 radical (unpaired) electrons. The van der Waals surface area contributed by atoms with E-state index in [0.717, 1.165) is 0 Å². The molecule has 0 bridgehead atoms. The molecular weight excluding hydrogens is 273 g/mol. The van der Waals surface area contributed by atoms with Gasteiger partial charge in [0, 0.05) is 0 Å². The maximum absolute atomic E-state index is 0. The average Bonchev–Trinajstić information content (AvgIpc) is 0. The average molecular weight is 279 g/mol. The van der Waals surface area contributed by atoms with Gasteiger partial charge in [-0.2, -0.15) is 0 Å². The van der Waals surface area contributed by atoms with Crippen LogP contribution in [0.25, 0.3) is 18.5 Å². The van der Waals surface area contributed by atoms with Gasteiger partial charge in [-0.05, 0) is 0 Å². The van der Waals surface area contributed by atoms with Crippen molar-refractivity contribution in [2.24, 2.45) is 0 Å². The summed E-state index contributed by atoms with van der Waals surface area (Å²) in [5.74, 6) is 0.